The van der Waals surface area contributed by atoms with Gasteiger partial charge in [-0.25, -0.2) is 9.59 Å². The fourth-order valence-electron chi connectivity index (χ4n) is 2.49. The smallest absolute Gasteiger partial charge is 0.410 e. The third kappa shape index (κ3) is 4.25. The number of benzene rings is 2. The summed E-state index contributed by atoms with van der Waals surface area (Å²) in [5.74, 6) is -0.941. The third-order valence-electron chi connectivity index (χ3n) is 3.67. The summed E-state index contributed by atoms with van der Waals surface area (Å²) in [4.78, 5) is 24.9. The average Bonchev–Trinajstić information content (AvgIpc) is 2.50. The largest absolute Gasteiger partial charge is 0.478 e. The van der Waals surface area contributed by atoms with Gasteiger partial charge < -0.3 is 14.7 Å². The lowest BCUT2D eigenvalue weighted by Gasteiger charge is -2.24. The molecule has 0 aliphatic heterocycles. The van der Waals surface area contributed by atoms with Crippen molar-refractivity contribution in [1.82, 2.24) is 4.90 Å². The Morgan fingerprint density at radius 2 is 1.71 bits per heavy atom. The molecule has 0 saturated carbocycles. The van der Waals surface area contributed by atoms with Crippen molar-refractivity contribution in [1.29, 1.82) is 0 Å². The van der Waals surface area contributed by atoms with Gasteiger partial charge in [0, 0.05) is 13.6 Å². The van der Waals surface area contributed by atoms with Crippen LogP contribution in [-0.2, 0) is 11.2 Å². The molecule has 2 aromatic rings. The van der Waals surface area contributed by atoms with Gasteiger partial charge in [0.2, 0.25) is 0 Å². The van der Waals surface area contributed by atoms with Gasteiger partial charge in [-0.15, -0.1) is 0 Å². The normalized spacial score (nSPS) is 11.3. The zero-order valence-corrected chi connectivity index (χ0v) is 14.5. The van der Waals surface area contributed by atoms with Crippen LogP contribution in [0.4, 0.5) is 4.79 Å². The Morgan fingerprint density at radius 3 is 2.29 bits per heavy atom. The standard InChI is InChI=1S/C19H23NO4/c1-19(2,3)24-18(23)20(4)12-11-13-9-10-16(17(21)22)15-8-6-5-7-14(13)15/h5-10H,11-12H2,1-4H3,(H,21,22). The Labute approximate surface area is 141 Å². The number of carboxylic acids is 1. The maximum Gasteiger partial charge on any atom is 0.410 e. The van der Waals surface area contributed by atoms with Gasteiger partial charge in [0.25, 0.3) is 0 Å². The quantitative estimate of drug-likeness (QED) is 0.922. The van der Waals surface area contributed by atoms with E-state index in [0.717, 1.165) is 10.9 Å². The fraction of sp³-hybridized carbons (Fsp3) is 0.368. The van der Waals surface area contributed by atoms with Crippen LogP contribution in [0.5, 0.6) is 0 Å². The van der Waals surface area contributed by atoms with Crippen molar-refractivity contribution in [3.05, 3.63) is 47.5 Å². The highest BCUT2D eigenvalue weighted by Crippen LogP contribution is 2.23. The zero-order valence-electron chi connectivity index (χ0n) is 14.5. The molecule has 1 N–H and O–H groups in total. The van der Waals surface area contributed by atoms with E-state index in [-0.39, 0.29) is 11.7 Å². The molecule has 0 radical (unpaired) electrons. The molecule has 0 aromatic heterocycles. The first-order valence-electron chi connectivity index (χ1n) is 7.87. The Hall–Kier alpha value is -2.56. The van der Waals surface area contributed by atoms with Crippen molar-refractivity contribution < 1.29 is 19.4 Å². The predicted molar refractivity (Wildman–Crippen MR) is 93.5 cm³/mol. The van der Waals surface area contributed by atoms with Crippen LogP contribution in [0.15, 0.2) is 36.4 Å². The third-order valence-corrected chi connectivity index (χ3v) is 3.67. The van der Waals surface area contributed by atoms with Crippen molar-refractivity contribution in [2.24, 2.45) is 0 Å². The van der Waals surface area contributed by atoms with Crippen LogP contribution in [0, 0.1) is 0 Å². The summed E-state index contributed by atoms with van der Waals surface area (Å²) >= 11 is 0. The van der Waals surface area contributed by atoms with E-state index in [9.17, 15) is 14.7 Å². The highest BCUT2D eigenvalue weighted by molar-refractivity contribution is 6.04. The van der Waals surface area contributed by atoms with Gasteiger partial charge in [-0.1, -0.05) is 30.3 Å². The molecule has 0 atom stereocenters. The number of amides is 1. The molecule has 5 nitrogen and oxygen atoms in total. The first-order chi connectivity index (χ1) is 11.2. The van der Waals surface area contributed by atoms with Crippen LogP contribution in [0.1, 0.15) is 36.7 Å². The van der Waals surface area contributed by atoms with Crippen LogP contribution in [0.3, 0.4) is 0 Å². The number of aromatic carboxylic acids is 1. The minimum atomic E-state index is -0.941. The summed E-state index contributed by atoms with van der Waals surface area (Å²) < 4.78 is 5.34. The molecule has 24 heavy (non-hydrogen) atoms. The molecular weight excluding hydrogens is 306 g/mol. The number of fused-ring (bicyclic) bond motifs is 1. The highest BCUT2D eigenvalue weighted by Gasteiger charge is 2.19. The molecule has 0 fully saturated rings. The number of nitrogens with zero attached hydrogens (tertiary/aromatic N) is 1. The topological polar surface area (TPSA) is 66.8 Å². The van der Waals surface area contributed by atoms with Gasteiger partial charge in [-0.05, 0) is 49.6 Å². The van der Waals surface area contributed by atoms with E-state index in [2.05, 4.69) is 0 Å². The van der Waals surface area contributed by atoms with E-state index < -0.39 is 11.6 Å². The van der Waals surface area contributed by atoms with Crippen LogP contribution in [-0.4, -0.2) is 41.3 Å². The number of carbonyl (C=O) groups is 2. The first kappa shape index (κ1) is 17.8. The molecule has 0 aliphatic rings. The summed E-state index contributed by atoms with van der Waals surface area (Å²) in [5.41, 5.74) is 0.766. The Balaban J connectivity index is 2.18. The number of hydrogen-bond acceptors (Lipinski definition) is 3. The maximum absolute atomic E-state index is 12.0. The Kier molecular flexibility index (Phi) is 5.12. The second-order valence-corrected chi connectivity index (χ2v) is 6.77. The van der Waals surface area contributed by atoms with Gasteiger partial charge in [-0.2, -0.15) is 0 Å². The van der Waals surface area contributed by atoms with E-state index in [1.54, 1.807) is 19.2 Å². The highest BCUT2D eigenvalue weighted by atomic mass is 16.6. The van der Waals surface area contributed by atoms with E-state index >= 15 is 0 Å². The molecule has 1 amide bonds. The Bertz CT molecular complexity index is 762. The molecule has 0 aliphatic carbocycles. The van der Waals surface area contributed by atoms with E-state index in [1.807, 2.05) is 45.0 Å². The van der Waals surface area contributed by atoms with Gasteiger partial charge in [0.15, 0.2) is 0 Å². The number of likely N-dealkylation sites (N-methyl/N-ethyl adjacent to an activating group) is 1. The summed E-state index contributed by atoms with van der Waals surface area (Å²) in [6, 6.07) is 10.9. The van der Waals surface area contributed by atoms with Crippen LogP contribution in [0.25, 0.3) is 10.8 Å². The second-order valence-electron chi connectivity index (χ2n) is 6.77. The molecule has 0 spiro atoms. The lowest BCUT2D eigenvalue weighted by Crippen LogP contribution is -2.35. The SMILES string of the molecule is CN(CCc1ccc(C(=O)O)c2ccccc12)C(=O)OC(C)(C)C. The summed E-state index contributed by atoms with van der Waals surface area (Å²) in [5, 5.41) is 10.9. The van der Waals surface area contributed by atoms with Crippen molar-refractivity contribution in [3.63, 3.8) is 0 Å². The van der Waals surface area contributed by atoms with Gasteiger partial charge in [-0.3, -0.25) is 0 Å². The molecule has 0 saturated heterocycles. The first-order valence-corrected chi connectivity index (χ1v) is 7.87. The number of carboxylic acid groups (broad SMARTS) is 1. The molecule has 0 heterocycles. The van der Waals surface area contributed by atoms with Crippen molar-refractivity contribution in [3.8, 4) is 0 Å². The van der Waals surface area contributed by atoms with Crippen LogP contribution in [0.2, 0.25) is 0 Å². The van der Waals surface area contributed by atoms with E-state index in [0.29, 0.717) is 18.4 Å². The Morgan fingerprint density at radius 1 is 1.08 bits per heavy atom. The molecule has 5 heteroatoms. The van der Waals surface area contributed by atoms with Crippen LogP contribution >= 0.6 is 0 Å². The molecular formula is C19H23NO4. The second kappa shape index (κ2) is 6.91. The predicted octanol–water partition coefficient (Wildman–Crippen LogP) is 3.95. The number of carbonyl (C=O) groups excluding carboxylic acids is 1. The minimum Gasteiger partial charge on any atom is -0.478 e. The molecule has 0 unspecified atom stereocenters. The van der Waals surface area contributed by atoms with Gasteiger partial charge >= 0.3 is 12.1 Å². The van der Waals surface area contributed by atoms with Gasteiger partial charge in [0.05, 0.1) is 5.56 Å². The number of ether oxygens (including phenoxy) is 1. The van der Waals surface area contributed by atoms with E-state index in [1.165, 1.54) is 4.90 Å². The summed E-state index contributed by atoms with van der Waals surface area (Å²) in [6.07, 6.45) is 0.254. The van der Waals surface area contributed by atoms with Crippen LogP contribution < -0.4 is 0 Å². The molecule has 0 bridgehead atoms. The monoisotopic (exact) mass is 329 g/mol. The maximum atomic E-state index is 12.0. The minimum absolute atomic E-state index is 0.287. The fourth-order valence-corrected chi connectivity index (χ4v) is 2.49. The average molecular weight is 329 g/mol. The van der Waals surface area contributed by atoms with E-state index in [4.69, 9.17) is 4.74 Å². The molecule has 2 rings (SSSR count). The van der Waals surface area contributed by atoms with Gasteiger partial charge in [0.1, 0.15) is 5.60 Å². The number of hydrogen-bond donors (Lipinski definition) is 1. The molecule has 128 valence electrons. The lowest BCUT2D eigenvalue weighted by molar-refractivity contribution is 0.0300. The number of rotatable bonds is 4. The van der Waals surface area contributed by atoms with Crippen molar-refractivity contribution in [2.75, 3.05) is 13.6 Å². The summed E-state index contributed by atoms with van der Waals surface area (Å²) in [7, 11) is 1.70. The zero-order chi connectivity index (χ0) is 17.9. The van der Waals surface area contributed by atoms with Crippen molar-refractivity contribution in [2.45, 2.75) is 32.8 Å². The summed E-state index contributed by atoms with van der Waals surface area (Å²) in [6.45, 7) is 5.98. The molecule has 2 aromatic carbocycles. The lowest BCUT2D eigenvalue weighted by atomic mass is 9.98. The van der Waals surface area contributed by atoms with Crippen molar-refractivity contribution >= 4 is 22.8 Å².